The molecule has 1 N–H and O–H groups in total. The maximum absolute atomic E-state index is 12.9. The Labute approximate surface area is 150 Å². The van der Waals surface area contributed by atoms with E-state index in [0.29, 0.717) is 10.9 Å². The van der Waals surface area contributed by atoms with E-state index in [0.717, 1.165) is 41.1 Å². The summed E-state index contributed by atoms with van der Waals surface area (Å²) in [6, 6.07) is 13.7. The summed E-state index contributed by atoms with van der Waals surface area (Å²) >= 11 is 0. The summed E-state index contributed by atoms with van der Waals surface area (Å²) in [4.78, 5) is 9.91. The number of hydrogen-bond acceptors (Lipinski definition) is 4. The summed E-state index contributed by atoms with van der Waals surface area (Å²) in [5.41, 5.74) is 3.84. The van der Waals surface area contributed by atoms with Gasteiger partial charge in [0.1, 0.15) is 5.75 Å². The van der Waals surface area contributed by atoms with Gasteiger partial charge in [-0.2, -0.15) is 0 Å². The number of rotatable bonds is 7. The van der Waals surface area contributed by atoms with E-state index in [2.05, 4.69) is 34.8 Å². The third-order valence-corrected chi connectivity index (χ3v) is 5.46. The van der Waals surface area contributed by atoms with Gasteiger partial charge in [-0.3, -0.25) is 4.21 Å². The van der Waals surface area contributed by atoms with Crippen LogP contribution in [-0.2, 0) is 16.6 Å². The van der Waals surface area contributed by atoms with Gasteiger partial charge in [-0.1, -0.05) is 18.2 Å². The number of anilines is 1. The molecule has 6 heteroatoms. The molecule has 132 valence electrons. The maximum Gasteiger partial charge on any atom is 0.197 e. The summed E-state index contributed by atoms with van der Waals surface area (Å²) in [7, 11) is 0.385. The highest BCUT2D eigenvalue weighted by Crippen LogP contribution is 2.24. The normalized spacial score (nSPS) is 12.3. The fourth-order valence-electron chi connectivity index (χ4n) is 2.92. The second-order valence-electron chi connectivity index (χ2n) is 5.72. The lowest BCUT2D eigenvalue weighted by Crippen LogP contribution is -2.23. The molecule has 0 aliphatic heterocycles. The van der Waals surface area contributed by atoms with Crippen LogP contribution < -0.4 is 9.64 Å². The second-order valence-corrected chi connectivity index (χ2v) is 7.08. The molecule has 0 bridgehead atoms. The van der Waals surface area contributed by atoms with Crippen LogP contribution in [0.25, 0.3) is 11.0 Å². The van der Waals surface area contributed by atoms with E-state index in [-0.39, 0.29) is 0 Å². The van der Waals surface area contributed by atoms with Gasteiger partial charge in [0.05, 0.1) is 34.7 Å². The van der Waals surface area contributed by atoms with Crippen LogP contribution in [0.4, 0.5) is 5.69 Å². The fourth-order valence-corrected chi connectivity index (χ4v) is 4.00. The van der Waals surface area contributed by atoms with E-state index in [1.54, 1.807) is 7.11 Å². The average Bonchev–Trinajstić information content (AvgIpc) is 3.07. The lowest BCUT2D eigenvalue weighted by atomic mass is 10.2. The van der Waals surface area contributed by atoms with E-state index in [4.69, 9.17) is 4.74 Å². The van der Waals surface area contributed by atoms with Gasteiger partial charge in [0.25, 0.3) is 0 Å². The zero-order valence-corrected chi connectivity index (χ0v) is 15.6. The molecule has 1 aromatic heterocycles. The Morgan fingerprint density at radius 2 is 1.92 bits per heavy atom. The monoisotopic (exact) mass is 357 g/mol. The number of nitrogens with one attached hydrogen (secondary N) is 1. The number of aromatic nitrogens is 2. The number of benzene rings is 2. The molecule has 1 unspecified atom stereocenters. The Hall–Kier alpha value is -2.34. The Morgan fingerprint density at radius 3 is 2.64 bits per heavy atom. The number of H-pyrrole nitrogens is 1. The molecule has 0 amide bonds. The number of imidazole rings is 1. The molecule has 25 heavy (non-hydrogen) atoms. The lowest BCUT2D eigenvalue weighted by Gasteiger charge is -2.23. The van der Waals surface area contributed by atoms with E-state index in [1.807, 2.05) is 36.4 Å². The van der Waals surface area contributed by atoms with Gasteiger partial charge >= 0.3 is 0 Å². The van der Waals surface area contributed by atoms with E-state index in [1.165, 1.54) is 0 Å². The molecule has 5 nitrogen and oxygen atoms in total. The minimum atomic E-state index is -1.24. The first-order valence-corrected chi connectivity index (χ1v) is 9.73. The molecule has 0 saturated carbocycles. The van der Waals surface area contributed by atoms with Crippen molar-refractivity contribution < 1.29 is 8.95 Å². The molecule has 0 aliphatic carbocycles. The van der Waals surface area contributed by atoms with Gasteiger partial charge in [-0.25, -0.2) is 4.98 Å². The van der Waals surface area contributed by atoms with Gasteiger partial charge in [0.2, 0.25) is 0 Å². The van der Waals surface area contributed by atoms with Gasteiger partial charge in [0.15, 0.2) is 5.16 Å². The van der Waals surface area contributed by atoms with Gasteiger partial charge in [-0.05, 0) is 37.6 Å². The largest absolute Gasteiger partial charge is 0.497 e. The predicted octanol–water partition coefficient (Wildman–Crippen LogP) is 3.73. The maximum atomic E-state index is 12.9. The third kappa shape index (κ3) is 3.69. The van der Waals surface area contributed by atoms with Crippen LogP contribution >= 0.6 is 0 Å². The van der Waals surface area contributed by atoms with Crippen molar-refractivity contribution in [1.82, 2.24) is 9.97 Å². The third-order valence-electron chi connectivity index (χ3n) is 4.27. The number of hydrogen-bond donors (Lipinski definition) is 1. The zero-order valence-electron chi connectivity index (χ0n) is 14.8. The molecule has 1 atom stereocenters. The first kappa shape index (κ1) is 17.5. The predicted molar refractivity (Wildman–Crippen MR) is 103 cm³/mol. The van der Waals surface area contributed by atoms with Crippen molar-refractivity contribution in [2.75, 3.05) is 25.1 Å². The van der Waals surface area contributed by atoms with Crippen molar-refractivity contribution in [2.45, 2.75) is 24.8 Å². The molecule has 0 radical (unpaired) electrons. The van der Waals surface area contributed by atoms with Crippen molar-refractivity contribution in [3.05, 3.63) is 48.0 Å². The average molecular weight is 357 g/mol. The lowest BCUT2D eigenvalue weighted by molar-refractivity contribution is 0.415. The molecule has 1 heterocycles. The molecule has 0 spiro atoms. The zero-order chi connectivity index (χ0) is 17.8. The van der Waals surface area contributed by atoms with Crippen LogP contribution in [-0.4, -0.2) is 34.4 Å². The fraction of sp³-hybridized carbons (Fsp3) is 0.316. The van der Waals surface area contributed by atoms with Crippen molar-refractivity contribution in [2.24, 2.45) is 0 Å². The van der Waals surface area contributed by atoms with Crippen LogP contribution in [0.2, 0.25) is 0 Å². The summed E-state index contributed by atoms with van der Waals surface area (Å²) in [5, 5.41) is 0.498. The molecule has 0 saturated heterocycles. The summed E-state index contributed by atoms with van der Waals surface area (Å²) < 4.78 is 18.1. The molecule has 0 fully saturated rings. The first-order chi connectivity index (χ1) is 12.2. The summed E-state index contributed by atoms with van der Waals surface area (Å²) in [5.74, 6) is 1.18. The van der Waals surface area contributed by atoms with Crippen LogP contribution in [0.1, 0.15) is 19.4 Å². The second kappa shape index (κ2) is 7.70. The minimum Gasteiger partial charge on any atom is -0.497 e. The smallest absolute Gasteiger partial charge is 0.197 e. The Morgan fingerprint density at radius 1 is 1.16 bits per heavy atom. The topological polar surface area (TPSA) is 58.2 Å². The number of aromatic amines is 1. The molecule has 3 rings (SSSR count). The van der Waals surface area contributed by atoms with Gasteiger partial charge in [0, 0.05) is 24.8 Å². The molecule has 0 aliphatic rings. The molecule has 2 aromatic carbocycles. The van der Waals surface area contributed by atoms with Crippen molar-refractivity contribution in [1.29, 1.82) is 0 Å². The number of methoxy groups -OCH3 is 1. The van der Waals surface area contributed by atoms with E-state index in [9.17, 15) is 4.21 Å². The van der Waals surface area contributed by atoms with Crippen LogP contribution in [0.15, 0.2) is 47.6 Å². The highest BCUT2D eigenvalue weighted by Gasteiger charge is 2.15. The van der Waals surface area contributed by atoms with Crippen molar-refractivity contribution >= 4 is 27.5 Å². The number of para-hydroxylation sites is 1. The number of fused-ring (bicyclic) bond motifs is 1. The molecular weight excluding hydrogens is 334 g/mol. The van der Waals surface area contributed by atoms with Crippen molar-refractivity contribution in [3.63, 3.8) is 0 Å². The van der Waals surface area contributed by atoms with Gasteiger partial charge < -0.3 is 14.6 Å². The van der Waals surface area contributed by atoms with Crippen LogP contribution in [0, 0.1) is 0 Å². The van der Waals surface area contributed by atoms with E-state index < -0.39 is 10.8 Å². The first-order valence-electron chi connectivity index (χ1n) is 8.41. The van der Waals surface area contributed by atoms with E-state index >= 15 is 0 Å². The SMILES string of the molecule is CCN(CC)c1ccccc1CS(=O)c1nc2ccc(OC)cc2[nH]1. The number of nitrogens with zero attached hydrogens (tertiary/aromatic N) is 2. The quantitative estimate of drug-likeness (QED) is 0.700. The Kier molecular flexibility index (Phi) is 5.38. The highest BCUT2D eigenvalue weighted by atomic mass is 32.2. The molecule has 3 aromatic rings. The highest BCUT2D eigenvalue weighted by molar-refractivity contribution is 7.84. The van der Waals surface area contributed by atoms with Crippen molar-refractivity contribution in [3.8, 4) is 5.75 Å². The van der Waals surface area contributed by atoms with Crippen LogP contribution in [0.5, 0.6) is 5.75 Å². The minimum absolute atomic E-state index is 0.434. The number of ether oxygens (including phenoxy) is 1. The van der Waals surface area contributed by atoms with Crippen LogP contribution in [0.3, 0.4) is 0 Å². The summed E-state index contributed by atoms with van der Waals surface area (Å²) in [6.45, 7) is 6.10. The Bertz CT molecular complexity index is 887. The molecular formula is C19H23N3O2S. The van der Waals surface area contributed by atoms with Gasteiger partial charge in [-0.15, -0.1) is 0 Å². The Balaban J connectivity index is 1.88. The summed E-state index contributed by atoms with van der Waals surface area (Å²) in [6.07, 6.45) is 0. The standard InChI is InChI=1S/C19H23N3O2S/c1-4-22(5-2)18-9-7-6-8-14(18)13-25(23)19-20-16-11-10-15(24-3)12-17(16)21-19/h6-12H,4-5,13H2,1-3H3,(H,20,21).